The number of methoxy groups -OCH3 is 1. The third kappa shape index (κ3) is 4.08. The molecule has 2 N–H and O–H groups in total. The van der Waals surface area contributed by atoms with Gasteiger partial charge in [0.25, 0.3) is 0 Å². The minimum absolute atomic E-state index is 0.0690. The number of carbonyl (C=O) groups is 1. The van der Waals surface area contributed by atoms with Crippen LogP contribution in [0.4, 0.5) is 5.69 Å². The molecule has 0 aliphatic heterocycles. The average molecular weight is 304 g/mol. The molecule has 1 amide bonds. The molecule has 0 bridgehead atoms. The first-order valence-electron chi connectivity index (χ1n) is 7.57. The van der Waals surface area contributed by atoms with Crippen LogP contribution < -0.4 is 5.32 Å². The van der Waals surface area contributed by atoms with Gasteiger partial charge in [-0.1, -0.05) is 19.9 Å². The Kier molecular flexibility index (Phi) is 5.57. The molecule has 22 heavy (non-hydrogen) atoms. The molecule has 0 saturated carbocycles. The maximum atomic E-state index is 12.0. The lowest BCUT2D eigenvalue weighted by Gasteiger charge is -2.14. The van der Waals surface area contributed by atoms with E-state index in [0.29, 0.717) is 6.61 Å². The van der Waals surface area contributed by atoms with Crippen molar-refractivity contribution < 1.29 is 14.6 Å². The number of hydrogen-bond acceptors (Lipinski definition) is 3. The highest BCUT2D eigenvalue weighted by atomic mass is 16.5. The Balaban J connectivity index is 2.09. The van der Waals surface area contributed by atoms with Crippen LogP contribution >= 0.6 is 0 Å². The van der Waals surface area contributed by atoms with Crippen LogP contribution in [0.15, 0.2) is 30.5 Å². The topological polar surface area (TPSA) is 63.5 Å². The smallest absolute Gasteiger partial charge is 0.226 e. The molecule has 0 radical (unpaired) electrons. The van der Waals surface area contributed by atoms with E-state index in [0.717, 1.165) is 23.1 Å². The second-order valence-electron chi connectivity index (χ2n) is 5.84. The zero-order valence-corrected chi connectivity index (χ0v) is 13.4. The first-order chi connectivity index (χ1) is 10.5. The summed E-state index contributed by atoms with van der Waals surface area (Å²) in [6.45, 7) is 5.20. The molecule has 2 rings (SSSR count). The van der Waals surface area contributed by atoms with Crippen LogP contribution in [-0.2, 0) is 16.1 Å². The molecule has 0 aliphatic rings. The summed E-state index contributed by atoms with van der Waals surface area (Å²) >= 11 is 0. The highest BCUT2D eigenvalue weighted by Crippen LogP contribution is 2.21. The number of carbonyl (C=O) groups excluding carboxylic acids is 1. The third-order valence-electron chi connectivity index (χ3n) is 3.76. The zero-order valence-electron chi connectivity index (χ0n) is 13.4. The van der Waals surface area contributed by atoms with Gasteiger partial charge in [-0.2, -0.15) is 0 Å². The molecule has 0 spiro atoms. The largest absolute Gasteiger partial charge is 0.392 e. The Morgan fingerprint density at radius 3 is 2.82 bits per heavy atom. The number of nitrogens with zero attached hydrogens (tertiary/aromatic N) is 1. The summed E-state index contributed by atoms with van der Waals surface area (Å²) < 4.78 is 7.20. The maximum Gasteiger partial charge on any atom is 0.226 e. The van der Waals surface area contributed by atoms with Crippen LogP contribution in [0.3, 0.4) is 0 Å². The Bertz CT molecular complexity index is 634. The first kappa shape index (κ1) is 16.5. The Morgan fingerprint density at radius 2 is 2.14 bits per heavy atom. The third-order valence-corrected chi connectivity index (χ3v) is 3.76. The number of fused-ring (bicyclic) bond motifs is 1. The zero-order chi connectivity index (χ0) is 16.1. The van der Waals surface area contributed by atoms with Gasteiger partial charge in [-0.25, -0.2) is 0 Å². The summed E-state index contributed by atoms with van der Waals surface area (Å²) in [6.07, 6.45) is 1.51. The lowest BCUT2D eigenvalue weighted by Crippen LogP contribution is -2.23. The van der Waals surface area contributed by atoms with Gasteiger partial charge in [0.05, 0.1) is 24.6 Å². The van der Waals surface area contributed by atoms with Crippen molar-refractivity contribution in [3.05, 3.63) is 30.5 Å². The van der Waals surface area contributed by atoms with Gasteiger partial charge >= 0.3 is 0 Å². The highest BCUT2D eigenvalue weighted by Gasteiger charge is 2.14. The summed E-state index contributed by atoms with van der Waals surface area (Å²) in [5.41, 5.74) is 1.80. The van der Waals surface area contributed by atoms with Crippen molar-refractivity contribution in [3.63, 3.8) is 0 Å². The molecule has 1 aromatic heterocycles. The van der Waals surface area contributed by atoms with Gasteiger partial charge in [-0.05, 0) is 29.5 Å². The number of aliphatic hydroxyl groups is 1. The summed E-state index contributed by atoms with van der Waals surface area (Å²) in [5.74, 6) is -0.102. The van der Waals surface area contributed by atoms with Gasteiger partial charge in [0.2, 0.25) is 5.91 Å². The number of aromatic nitrogens is 1. The molecule has 5 heteroatoms. The summed E-state index contributed by atoms with van der Waals surface area (Å²) in [4.78, 5) is 12.0. The number of nitrogens with one attached hydrogen (secondary N) is 1. The van der Waals surface area contributed by atoms with Crippen molar-refractivity contribution in [2.24, 2.45) is 5.92 Å². The van der Waals surface area contributed by atoms with Crippen LogP contribution in [-0.4, -0.2) is 35.4 Å². The quantitative estimate of drug-likeness (QED) is 0.826. The van der Waals surface area contributed by atoms with E-state index in [1.54, 1.807) is 7.11 Å². The average Bonchev–Trinajstić information content (AvgIpc) is 2.87. The van der Waals surface area contributed by atoms with E-state index in [1.807, 2.05) is 44.3 Å². The normalized spacial score (nSPS) is 12.8. The van der Waals surface area contributed by atoms with Crippen LogP contribution in [0, 0.1) is 5.92 Å². The van der Waals surface area contributed by atoms with Crippen molar-refractivity contribution >= 4 is 22.5 Å². The number of anilines is 1. The lowest BCUT2D eigenvalue weighted by molar-refractivity contribution is -0.118. The van der Waals surface area contributed by atoms with E-state index in [9.17, 15) is 9.90 Å². The molecule has 120 valence electrons. The molecule has 0 fully saturated rings. The van der Waals surface area contributed by atoms with Crippen molar-refractivity contribution in [2.75, 3.05) is 19.0 Å². The number of hydrogen-bond donors (Lipinski definition) is 2. The summed E-state index contributed by atoms with van der Waals surface area (Å²) in [6, 6.07) is 7.85. The van der Waals surface area contributed by atoms with Crippen molar-refractivity contribution in [1.29, 1.82) is 0 Å². The van der Waals surface area contributed by atoms with Gasteiger partial charge in [-0.15, -0.1) is 0 Å². The number of benzene rings is 1. The minimum Gasteiger partial charge on any atom is -0.392 e. The Hall–Kier alpha value is -1.85. The standard InChI is InChI=1S/C17H24N2O3/c1-12(2)16(20)11-17(21)18-14-5-4-13-6-7-19(8-9-22-3)15(13)10-14/h4-7,10,12,16,20H,8-9,11H2,1-3H3,(H,18,21). The molecule has 1 atom stereocenters. The van der Waals surface area contributed by atoms with Crippen LogP contribution in [0.25, 0.3) is 10.9 Å². The number of rotatable bonds is 7. The molecule has 1 unspecified atom stereocenters. The summed E-state index contributed by atoms with van der Waals surface area (Å²) in [7, 11) is 1.68. The predicted octanol–water partition coefficient (Wildman–Crippen LogP) is 2.63. The van der Waals surface area contributed by atoms with Gasteiger partial charge in [-0.3, -0.25) is 4.79 Å². The lowest BCUT2D eigenvalue weighted by atomic mass is 10.0. The van der Waals surface area contributed by atoms with Gasteiger partial charge in [0.1, 0.15) is 0 Å². The van der Waals surface area contributed by atoms with Crippen LogP contribution in [0.2, 0.25) is 0 Å². The van der Waals surface area contributed by atoms with E-state index in [2.05, 4.69) is 9.88 Å². The fourth-order valence-electron chi connectivity index (χ4n) is 2.28. The molecule has 5 nitrogen and oxygen atoms in total. The van der Waals surface area contributed by atoms with Gasteiger partial charge < -0.3 is 19.7 Å². The van der Waals surface area contributed by atoms with Crippen molar-refractivity contribution in [1.82, 2.24) is 4.57 Å². The molecule has 1 aromatic carbocycles. The molecular weight excluding hydrogens is 280 g/mol. The van der Waals surface area contributed by atoms with E-state index < -0.39 is 6.10 Å². The fourth-order valence-corrected chi connectivity index (χ4v) is 2.28. The monoisotopic (exact) mass is 304 g/mol. The fraction of sp³-hybridized carbons (Fsp3) is 0.471. The van der Waals surface area contributed by atoms with Crippen molar-refractivity contribution in [3.8, 4) is 0 Å². The summed E-state index contributed by atoms with van der Waals surface area (Å²) in [5, 5.41) is 13.7. The van der Waals surface area contributed by atoms with E-state index in [-0.39, 0.29) is 18.2 Å². The van der Waals surface area contributed by atoms with Gasteiger partial charge in [0, 0.05) is 25.5 Å². The Morgan fingerprint density at radius 1 is 1.36 bits per heavy atom. The highest BCUT2D eigenvalue weighted by molar-refractivity contribution is 5.94. The molecule has 2 aromatic rings. The SMILES string of the molecule is COCCn1ccc2ccc(NC(=O)CC(O)C(C)C)cc21. The van der Waals surface area contributed by atoms with Gasteiger partial charge in [0.15, 0.2) is 0 Å². The Labute approximate surface area is 130 Å². The number of ether oxygens (including phenoxy) is 1. The number of amides is 1. The molecular formula is C17H24N2O3. The molecule has 0 saturated heterocycles. The maximum absolute atomic E-state index is 12.0. The van der Waals surface area contributed by atoms with E-state index in [4.69, 9.17) is 4.74 Å². The van der Waals surface area contributed by atoms with E-state index in [1.165, 1.54) is 0 Å². The minimum atomic E-state index is -0.616. The van der Waals surface area contributed by atoms with E-state index >= 15 is 0 Å². The van der Waals surface area contributed by atoms with Crippen molar-refractivity contribution in [2.45, 2.75) is 32.9 Å². The van der Waals surface area contributed by atoms with Crippen LogP contribution in [0.1, 0.15) is 20.3 Å². The van der Waals surface area contributed by atoms with Crippen LogP contribution in [0.5, 0.6) is 0 Å². The second-order valence-corrected chi connectivity index (χ2v) is 5.84. The predicted molar refractivity (Wildman–Crippen MR) is 87.9 cm³/mol. The number of aliphatic hydroxyl groups excluding tert-OH is 1. The first-order valence-corrected chi connectivity index (χ1v) is 7.57. The molecule has 0 aliphatic carbocycles. The second kappa shape index (κ2) is 7.42. The molecule has 1 heterocycles.